The summed E-state index contributed by atoms with van der Waals surface area (Å²) in [6.45, 7) is 3.41. The molecule has 4 nitrogen and oxygen atoms in total. The summed E-state index contributed by atoms with van der Waals surface area (Å²) in [5.74, 6) is -0.587. The van der Waals surface area contributed by atoms with Crippen LogP contribution in [0.3, 0.4) is 0 Å². The van der Waals surface area contributed by atoms with Gasteiger partial charge in [-0.3, -0.25) is 9.69 Å². The zero-order valence-electron chi connectivity index (χ0n) is 11.7. The summed E-state index contributed by atoms with van der Waals surface area (Å²) in [6, 6.07) is 6.48. The first-order valence-electron chi connectivity index (χ1n) is 7.01. The van der Waals surface area contributed by atoms with Crippen LogP contribution in [0.25, 0.3) is 0 Å². The van der Waals surface area contributed by atoms with E-state index in [4.69, 9.17) is 0 Å². The van der Waals surface area contributed by atoms with E-state index in [-0.39, 0.29) is 18.0 Å². The number of nitrogens with zero attached hydrogens (tertiary/aromatic N) is 1. The second-order valence-corrected chi connectivity index (χ2v) is 5.30. The van der Waals surface area contributed by atoms with Crippen molar-refractivity contribution in [2.75, 3.05) is 19.6 Å². The van der Waals surface area contributed by atoms with Crippen molar-refractivity contribution in [3.63, 3.8) is 0 Å². The molecule has 110 valence electrons. The van der Waals surface area contributed by atoms with Gasteiger partial charge in [0.05, 0.1) is 12.6 Å². The maximum absolute atomic E-state index is 13.5. The van der Waals surface area contributed by atoms with Crippen LogP contribution in [0.15, 0.2) is 24.3 Å². The lowest BCUT2D eigenvalue weighted by Crippen LogP contribution is -2.40. The SMILES string of the molecule is CC1CCCN1CC(=O)NCC(O)c1ccccc1F. The van der Waals surface area contributed by atoms with Crippen LogP contribution in [0.1, 0.15) is 31.4 Å². The number of aliphatic hydroxyl groups is 1. The van der Waals surface area contributed by atoms with Crippen molar-refractivity contribution in [3.05, 3.63) is 35.6 Å². The second kappa shape index (κ2) is 6.81. The minimum atomic E-state index is -1.02. The lowest BCUT2D eigenvalue weighted by Gasteiger charge is -2.20. The lowest BCUT2D eigenvalue weighted by atomic mass is 10.1. The predicted molar refractivity (Wildman–Crippen MR) is 74.6 cm³/mol. The summed E-state index contributed by atoms with van der Waals surface area (Å²) in [5.41, 5.74) is 0.211. The Labute approximate surface area is 118 Å². The van der Waals surface area contributed by atoms with Crippen molar-refractivity contribution in [1.82, 2.24) is 10.2 Å². The molecule has 1 aliphatic heterocycles. The van der Waals surface area contributed by atoms with E-state index in [9.17, 15) is 14.3 Å². The van der Waals surface area contributed by atoms with Crippen molar-refractivity contribution in [2.45, 2.75) is 31.9 Å². The molecule has 0 aromatic heterocycles. The lowest BCUT2D eigenvalue weighted by molar-refractivity contribution is -0.122. The number of hydrogen-bond acceptors (Lipinski definition) is 3. The molecule has 1 heterocycles. The summed E-state index contributed by atoms with van der Waals surface area (Å²) in [4.78, 5) is 13.9. The number of amides is 1. The molecule has 1 amide bonds. The van der Waals surface area contributed by atoms with Gasteiger partial charge < -0.3 is 10.4 Å². The third kappa shape index (κ3) is 3.77. The van der Waals surface area contributed by atoms with Crippen molar-refractivity contribution in [2.24, 2.45) is 0 Å². The van der Waals surface area contributed by atoms with Crippen molar-refractivity contribution in [3.8, 4) is 0 Å². The highest BCUT2D eigenvalue weighted by molar-refractivity contribution is 5.78. The topological polar surface area (TPSA) is 52.6 Å². The van der Waals surface area contributed by atoms with Gasteiger partial charge in [0, 0.05) is 18.2 Å². The number of benzene rings is 1. The van der Waals surface area contributed by atoms with Crippen LogP contribution in [-0.4, -0.2) is 41.6 Å². The molecule has 20 heavy (non-hydrogen) atoms. The number of nitrogens with one attached hydrogen (secondary N) is 1. The number of rotatable bonds is 5. The van der Waals surface area contributed by atoms with Crippen LogP contribution in [0.4, 0.5) is 4.39 Å². The van der Waals surface area contributed by atoms with Crippen LogP contribution in [0, 0.1) is 5.82 Å². The number of carbonyl (C=O) groups is 1. The van der Waals surface area contributed by atoms with Gasteiger partial charge in [0.1, 0.15) is 5.82 Å². The summed E-state index contributed by atoms with van der Waals surface area (Å²) in [6.07, 6.45) is 1.22. The van der Waals surface area contributed by atoms with E-state index < -0.39 is 11.9 Å². The number of aliphatic hydroxyl groups excluding tert-OH is 1. The fraction of sp³-hybridized carbons (Fsp3) is 0.533. The molecule has 0 saturated carbocycles. The predicted octanol–water partition coefficient (Wildman–Crippen LogP) is 1.46. The van der Waals surface area contributed by atoms with E-state index in [0.29, 0.717) is 12.6 Å². The van der Waals surface area contributed by atoms with Gasteiger partial charge in [-0.25, -0.2) is 4.39 Å². The van der Waals surface area contributed by atoms with Crippen LogP contribution < -0.4 is 5.32 Å². The van der Waals surface area contributed by atoms with Crippen LogP contribution in [-0.2, 0) is 4.79 Å². The first kappa shape index (κ1) is 14.9. The van der Waals surface area contributed by atoms with E-state index in [1.807, 2.05) is 0 Å². The van der Waals surface area contributed by atoms with Crippen molar-refractivity contribution < 1.29 is 14.3 Å². The molecule has 1 aromatic carbocycles. The Morgan fingerprint density at radius 3 is 2.95 bits per heavy atom. The fourth-order valence-corrected chi connectivity index (χ4v) is 2.53. The van der Waals surface area contributed by atoms with Crippen LogP contribution in [0.5, 0.6) is 0 Å². The first-order chi connectivity index (χ1) is 9.58. The molecule has 0 aliphatic carbocycles. The fourth-order valence-electron chi connectivity index (χ4n) is 2.53. The highest BCUT2D eigenvalue weighted by Crippen LogP contribution is 2.17. The maximum Gasteiger partial charge on any atom is 0.234 e. The number of hydrogen-bond donors (Lipinski definition) is 2. The smallest absolute Gasteiger partial charge is 0.234 e. The minimum absolute atomic E-state index is 0.0297. The highest BCUT2D eigenvalue weighted by atomic mass is 19.1. The molecule has 0 spiro atoms. The van der Waals surface area contributed by atoms with Gasteiger partial charge >= 0.3 is 0 Å². The maximum atomic E-state index is 13.5. The highest BCUT2D eigenvalue weighted by Gasteiger charge is 2.22. The Hall–Kier alpha value is -1.46. The zero-order chi connectivity index (χ0) is 14.5. The Morgan fingerprint density at radius 2 is 2.30 bits per heavy atom. The number of likely N-dealkylation sites (tertiary alicyclic amines) is 1. The average Bonchev–Trinajstić information content (AvgIpc) is 2.82. The molecule has 2 rings (SSSR count). The molecule has 0 bridgehead atoms. The third-order valence-corrected chi connectivity index (χ3v) is 3.79. The molecule has 1 aliphatic rings. The Kier molecular flexibility index (Phi) is 5.09. The van der Waals surface area contributed by atoms with Gasteiger partial charge in [0.15, 0.2) is 0 Å². The quantitative estimate of drug-likeness (QED) is 0.858. The van der Waals surface area contributed by atoms with E-state index in [1.54, 1.807) is 12.1 Å². The molecule has 2 atom stereocenters. The third-order valence-electron chi connectivity index (χ3n) is 3.79. The van der Waals surface area contributed by atoms with E-state index in [1.165, 1.54) is 12.1 Å². The molecule has 2 N–H and O–H groups in total. The summed E-state index contributed by atoms with van der Waals surface area (Å²) >= 11 is 0. The molecule has 5 heteroatoms. The standard InChI is InChI=1S/C15H21FN2O2/c1-11-5-4-8-18(11)10-15(20)17-9-14(19)12-6-2-3-7-13(12)16/h2-3,6-7,11,14,19H,4-5,8-10H2,1H3,(H,17,20). The van der Waals surface area contributed by atoms with Gasteiger partial charge in [0.2, 0.25) is 5.91 Å². The zero-order valence-corrected chi connectivity index (χ0v) is 11.7. The van der Waals surface area contributed by atoms with E-state index in [0.717, 1.165) is 19.4 Å². The largest absolute Gasteiger partial charge is 0.386 e. The first-order valence-corrected chi connectivity index (χ1v) is 7.01. The summed E-state index contributed by atoms with van der Waals surface area (Å²) in [5, 5.41) is 12.6. The van der Waals surface area contributed by atoms with Gasteiger partial charge in [-0.05, 0) is 32.4 Å². The minimum Gasteiger partial charge on any atom is -0.386 e. The summed E-state index contributed by atoms with van der Waals surface area (Å²) < 4.78 is 13.5. The summed E-state index contributed by atoms with van der Waals surface area (Å²) in [7, 11) is 0. The van der Waals surface area contributed by atoms with Crippen molar-refractivity contribution >= 4 is 5.91 Å². The van der Waals surface area contributed by atoms with E-state index in [2.05, 4.69) is 17.1 Å². The molecule has 1 aromatic rings. The Morgan fingerprint density at radius 1 is 1.55 bits per heavy atom. The van der Waals surface area contributed by atoms with Crippen LogP contribution in [0.2, 0.25) is 0 Å². The normalized spacial score (nSPS) is 20.9. The van der Waals surface area contributed by atoms with Gasteiger partial charge in [-0.2, -0.15) is 0 Å². The number of halogens is 1. The second-order valence-electron chi connectivity index (χ2n) is 5.30. The number of carbonyl (C=O) groups excluding carboxylic acids is 1. The van der Waals surface area contributed by atoms with Gasteiger partial charge in [-0.1, -0.05) is 18.2 Å². The Bertz CT molecular complexity index is 467. The average molecular weight is 280 g/mol. The molecule has 1 fully saturated rings. The van der Waals surface area contributed by atoms with Crippen molar-refractivity contribution in [1.29, 1.82) is 0 Å². The monoisotopic (exact) mass is 280 g/mol. The molecule has 0 radical (unpaired) electrons. The molecule has 2 unspecified atom stereocenters. The molecule has 1 saturated heterocycles. The van der Waals surface area contributed by atoms with Crippen LogP contribution >= 0.6 is 0 Å². The van der Waals surface area contributed by atoms with E-state index >= 15 is 0 Å². The van der Waals surface area contributed by atoms with Gasteiger partial charge in [0.25, 0.3) is 0 Å². The Balaban J connectivity index is 1.80. The molecular weight excluding hydrogens is 259 g/mol. The van der Waals surface area contributed by atoms with Gasteiger partial charge in [-0.15, -0.1) is 0 Å². The molecular formula is C15H21FN2O2.